The Hall–Kier alpha value is -2.66. The van der Waals surface area contributed by atoms with Crippen molar-refractivity contribution in [3.8, 4) is 0 Å². The molecular formula is C44H74O5. The van der Waals surface area contributed by atoms with E-state index in [1.165, 1.54) is 64.2 Å². The summed E-state index contributed by atoms with van der Waals surface area (Å²) in [4.78, 5) is 24.2. The van der Waals surface area contributed by atoms with Crippen molar-refractivity contribution in [2.45, 2.75) is 180 Å². The van der Waals surface area contributed by atoms with Gasteiger partial charge in [0.15, 0.2) is 6.10 Å². The molecule has 0 amide bonds. The van der Waals surface area contributed by atoms with Crippen LogP contribution in [0.1, 0.15) is 174 Å². The topological polar surface area (TPSA) is 72.8 Å². The molecule has 0 heterocycles. The predicted molar refractivity (Wildman–Crippen MR) is 210 cm³/mol. The first-order valence-electron chi connectivity index (χ1n) is 20.0. The van der Waals surface area contributed by atoms with Crippen LogP contribution in [0.15, 0.2) is 72.9 Å². The molecule has 0 aromatic heterocycles. The number of ether oxygens (including phenoxy) is 2. The van der Waals surface area contributed by atoms with Gasteiger partial charge in [0.25, 0.3) is 0 Å². The molecule has 0 saturated carbocycles. The Balaban J connectivity index is 3.61. The van der Waals surface area contributed by atoms with Gasteiger partial charge in [-0.3, -0.25) is 9.59 Å². The number of aliphatic hydroxyl groups is 1. The van der Waals surface area contributed by atoms with Crippen LogP contribution in [-0.2, 0) is 19.1 Å². The van der Waals surface area contributed by atoms with Crippen molar-refractivity contribution in [3.63, 3.8) is 0 Å². The molecular weight excluding hydrogens is 608 g/mol. The molecule has 5 nitrogen and oxygen atoms in total. The molecule has 5 heteroatoms. The highest BCUT2D eigenvalue weighted by Gasteiger charge is 2.16. The van der Waals surface area contributed by atoms with Gasteiger partial charge < -0.3 is 14.6 Å². The lowest BCUT2D eigenvalue weighted by Gasteiger charge is -2.15. The Bertz CT molecular complexity index is 910. The zero-order chi connectivity index (χ0) is 35.7. The van der Waals surface area contributed by atoms with Crippen LogP contribution in [0, 0.1) is 0 Å². The maximum absolute atomic E-state index is 12.2. The summed E-state index contributed by atoms with van der Waals surface area (Å²) in [5.41, 5.74) is 0. The fourth-order valence-electron chi connectivity index (χ4n) is 5.22. The van der Waals surface area contributed by atoms with E-state index in [0.29, 0.717) is 12.8 Å². The van der Waals surface area contributed by atoms with Crippen molar-refractivity contribution in [2.24, 2.45) is 0 Å². The average Bonchev–Trinajstić information content (AvgIpc) is 3.10. The standard InChI is InChI=1S/C44H74O5/c1-3-5-7-9-11-13-15-17-18-19-20-21-22-23-24-25-26-27-29-31-33-35-37-39-44(47)49-42(40-45)41-48-43(46)38-36-34-32-30-28-16-14-12-10-8-6-4-2/h5,7,11-14,17-18,20-21,23-24,42,45H,3-4,6,8-10,15-16,19,22,25-41H2,1-2H3/b7-5-,13-11-,14-12-,18-17-,21-20-,24-23-. The lowest BCUT2D eigenvalue weighted by Crippen LogP contribution is -2.28. The highest BCUT2D eigenvalue weighted by molar-refractivity contribution is 5.70. The third kappa shape index (κ3) is 38.0. The van der Waals surface area contributed by atoms with E-state index in [-0.39, 0.29) is 25.2 Å². The SMILES string of the molecule is CC/C=C\C/C=C\C/C=C\C/C=C\C/C=C\CCCCCCCCCC(=O)OC(CO)COC(=O)CCCCCCC/C=C\CCCCC. The number of carbonyl (C=O) groups is 2. The second-order valence-corrected chi connectivity index (χ2v) is 13.0. The van der Waals surface area contributed by atoms with Gasteiger partial charge in [-0.2, -0.15) is 0 Å². The van der Waals surface area contributed by atoms with Crippen molar-refractivity contribution >= 4 is 11.9 Å². The summed E-state index contributed by atoms with van der Waals surface area (Å²) in [5.74, 6) is -0.620. The Kier molecular flexibility index (Phi) is 37.6. The lowest BCUT2D eigenvalue weighted by atomic mass is 10.1. The minimum absolute atomic E-state index is 0.0781. The van der Waals surface area contributed by atoms with Crippen LogP contribution in [0.2, 0.25) is 0 Å². The van der Waals surface area contributed by atoms with Crippen molar-refractivity contribution in [1.29, 1.82) is 0 Å². The molecule has 1 N–H and O–H groups in total. The molecule has 0 bridgehead atoms. The smallest absolute Gasteiger partial charge is 0.306 e. The lowest BCUT2D eigenvalue weighted by molar-refractivity contribution is -0.161. The van der Waals surface area contributed by atoms with Crippen LogP contribution in [0.25, 0.3) is 0 Å². The number of aliphatic hydroxyl groups excluding tert-OH is 1. The van der Waals surface area contributed by atoms with Gasteiger partial charge in [-0.05, 0) is 83.5 Å². The van der Waals surface area contributed by atoms with E-state index in [2.05, 4.69) is 86.8 Å². The van der Waals surface area contributed by atoms with Crippen molar-refractivity contribution < 1.29 is 24.2 Å². The first-order chi connectivity index (χ1) is 24.1. The molecule has 280 valence electrons. The monoisotopic (exact) mass is 683 g/mol. The summed E-state index contributed by atoms with van der Waals surface area (Å²) < 4.78 is 10.6. The summed E-state index contributed by atoms with van der Waals surface area (Å²) in [6.07, 6.45) is 52.5. The van der Waals surface area contributed by atoms with E-state index in [9.17, 15) is 14.7 Å². The molecule has 0 fully saturated rings. The Labute approximate surface area is 302 Å². The van der Waals surface area contributed by atoms with Gasteiger partial charge >= 0.3 is 11.9 Å². The minimum Gasteiger partial charge on any atom is -0.462 e. The number of allylic oxidation sites excluding steroid dienone is 12. The Morgan fingerprint density at radius 2 is 0.878 bits per heavy atom. The number of unbranched alkanes of at least 4 members (excludes halogenated alkanes) is 15. The van der Waals surface area contributed by atoms with E-state index in [4.69, 9.17) is 9.47 Å². The zero-order valence-corrected chi connectivity index (χ0v) is 31.7. The van der Waals surface area contributed by atoms with E-state index >= 15 is 0 Å². The number of esters is 2. The quantitative estimate of drug-likeness (QED) is 0.0409. The highest BCUT2D eigenvalue weighted by Crippen LogP contribution is 2.12. The minimum atomic E-state index is -0.783. The predicted octanol–water partition coefficient (Wildman–Crippen LogP) is 12.6. The summed E-state index contributed by atoms with van der Waals surface area (Å²) in [6.45, 7) is 3.97. The fourth-order valence-corrected chi connectivity index (χ4v) is 5.22. The van der Waals surface area contributed by atoms with Crippen LogP contribution >= 0.6 is 0 Å². The second kappa shape index (κ2) is 39.8. The van der Waals surface area contributed by atoms with E-state index < -0.39 is 6.10 Å². The number of carbonyl (C=O) groups excluding carboxylic acids is 2. The van der Waals surface area contributed by atoms with Gasteiger partial charge in [0, 0.05) is 12.8 Å². The van der Waals surface area contributed by atoms with Gasteiger partial charge in [0.1, 0.15) is 6.61 Å². The van der Waals surface area contributed by atoms with E-state index in [0.717, 1.165) is 83.5 Å². The zero-order valence-electron chi connectivity index (χ0n) is 31.7. The number of rotatable bonds is 35. The summed E-state index contributed by atoms with van der Waals surface area (Å²) in [6, 6.07) is 0. The molecule has 0 aromatic rings. The average molecular weight is 683 g/mol. The maximum Gasteiger partial charge on any atom is 0.306 e. The van der Waals surface area contributed by atoms with Crippen LogP contribution in [0.5, 0.6) is 0 Å². The first-order valence-corrected chi connectivity index (χ1v) is 20.0. The van der Waals surface area contributed by atoms with Gasteiger partial charge in [-0.1, -0.05) is 151 Å². The largest absolute Gasteiger partial charge is 0.462 e. The third-order valence-corrected chi connectivity index (χ3v) is 8.23. The van der Waals surface area contributed by atoms with Gasteiger partial charge in [-0.15, -0.1) is 0 Å². The molecule has 0 aromatic carbocycles. The second-order valence-electron chi connectivity index (χ2n) is 13.0. The third-order valence-electron chi connectivity index (χ3n) is 8.23. The maximum atomic E-state index is 12.2. The van der Waals surface area contributed by atoms with Crippen molar-refractivity contribution in [3.05, 3.63) is 72.9 Å². The summed E-state index contributed by atoms with van der Waals surface area (Å²) in [7, 11) is 0. The van der Waals surface area contributed by atoms with Crippen LogP contribution in [-0.4, -0.2) is 36.4 Å². The molecule has 49 heavy (non-hydrogen) atoms. The molecule has 0 aliphatic rings. The molecule has 0 radical (unpaired) electrons. The molecule has 0 saturated heterocycles. The molecule has 0 aliphatic heterocycles. The van der Waals surface area contributed by atoms with Crippen LogP contribution < -0.4 is 0 Å². The summed E-state index contributed by atoms with van der Waals surface area (Å²) in [5, 5.41) is 9.55. The van der Waals surface area contributed by atoms with E-state index in [1.54, 1.807) is 0 Å². The number of hydrogen-bond donors (Lipinski definition) is 1. The molecule has 0 aliphatic carbocycles. The first kappa shape index (κ1) is 46.3. The molecule has 0 rings (SSSR count). The number of hydrogen-bond acceptors (Lipinski definition) is 5. The van der Waals surface area contributed by atoms with Crippen LogP contribution in [0.3, 0.4) is 0 Å². The molecule has 1 unspecified atom stereocenters. The van der Waals surface area contributed by atoms with Gasteiger partial charge in [0.05, 0.1) is 6.61 Å². The molecule has 0 spiro atoms. The van der Waals surface area contributed by atoms with Gasteiger partial charge in [-0.25, -0.2) is 0 Å². The van der Waals surface area contributed by atoms with Crippen molar-refractivity contribution in [1.82, 2.24) is 0 Å². The highest BCUT2D eigenvalue weighted by atomic mass is 16.6. The van der Waals surface area contributed by atoms with Gasteiger partial charge in [0.2, 0.25) is 0 Å². The Morgan fingerprint density at radius 3 is 1.35 bits per heavy atom. The fraction of sp³-hybridized carbons (Fsp3) is 0.682. The Morgan fingerprint density at radius 1 is 0.490 bits per heavy atom. The normalized spacial score (nSPS) is 13.0. The van der Waals surface area contributed by atoms with Crippen molar-refractivity contribution in [2.75, 3.05) is 13.2 Å². The molecule has 1 atom stereocenters. The van der Waals surface area contributed by atoms with Crippen LogP contribution in [0.4, 0.5) is 0 Å². The van der Waals surface area contributed by atoms with E-state index in [1.807, 2.05) is 0 Å². The summed E-state index contributed by atoms with van der Waals surface area (Å²) >= 11 is 0.